The van der Waals surface area contributed by atoms with Crippen molar-refractivity contribution in [3.8, 4) is 0 Å². The van der Waals surface area contributed by atoms with Gasteiger partial charge in [0.1, 0.15) is 0 Å². The number of amides is 1. The summed E-state index contributed by atoms with van der Waals surface area (Å²) in [6.07, 6.45) is 0.969. The van der Waals surface area contributed by atoms with Crippen molar-refractivity contribution in [2.45, 2.75) is 13.0 Å². The first-order chi connectivity index (χ1) is 9.74. The molecule has 20 heavy (non-hydrogen) atoms. The van der Waals surface area contributed by atoms with E-state index in [0.29, 0.717) is 32.8 Å². The molecule has 0 unspecified atom stereocenters. The van der Waals surface area contributed by atoms with Gasteiger partial charge in [-0.05, 0) is 23.6 Å². The lowest BCUT2D eigenvalue weighted by molar-refractivity contribution is -0.136. The number of hydrogen-bond donors (Lipinski definition) is 1. The molecule has 0 aliphatic carbocycles. The number of carbonyl (C=O) groups excluding carboxylic acids is 1. The Morgan fingerprint density at radius 2 is 2.05 bits per heavy atom. The summed E-state index contributed by atoms with van der Waals surface area (Å²) in [6, 6.07) is 6.07. The maximum atomic E-state index is 12.3. The van der Waals surface area contributed by atoms with Crippen molar-refractivity contribution >= 4 is 11.6 Å². The van der Waals surface area contributed by atoms with E-state index in [0.717, 1.165) is 25.2 Å². The van der Waals surface area contributed by atoms with Crippen LogP contribution >= 0.6 is 0 Å². The predicted molar refractivity (Wildman–Crippen MR) is 77.2 cm³/mol. The number of carbonyl (C=O) groups is 1. The summed E-state index contributed by atoms with van der Waals surface area (Å²) in [7, 11) is 0. The molecule has 0 spiro atoms. The molecule has 2 heterocycles. The van der Waals surface area contributed by atoms with Gasteiger partial charge in [-0.3, -0.25) is 9.69 Å². The Labute approximate surface area is 119 Å². The van der Waals surface area contributed by atoms with E-state index in [4.69, 9.17) is 10.5 Å². The molecule has 3 rings (SSSR count). The van der Waals surface area contributed by atoms with Crippen molar-refractivity contribution < 1.29 is 9.53 Å². The molecule has 0 radical (unpaired) electrons. The van der Waals surface area contributed by atoms with Crippen LogP contribution < -0.4 is 5.73 Å². The van der Waals surface area contributed by atoms with Gasteiger partial charge in [-0.2, -0.15) is 0 Å². The molecule has 1 saturated heterocycles. The first-order valence-electron chi connectivity index (χ1n) is 7.18. The number of nitrogens with two attached hydrogens (primary N) is 1. The van der Waals surface area contributed by atoms with Crippen LogP contribution in [0.3, 0.4) is 0 Å². The van der Waals surface area contributed by atoms with Gasteiger partial charge in [0, 0.05) is 31.9 Å². The number of morpholine rings is 1. The Morgan fingerprint density at radius 3 is 2.85 bits per heavy atom. The van der Waals surface area contributed by atoms with Crippen molar-refractivity contribution in [3.05, 3.63) is 29.3 Å². The quantitative estimate of drug-likeness (QED) is 0.798. The average Bonchev–Trinajstić information content (AvgIpc) is 2.49. The van der Waals surface area contributed by atoms with Crippen LogP contribution in [0.15, 0.2) is 18.2 Å². The van der Waals surface area contributed by atoms with Crippen LogP contribution in [-0.2, 0) is 22.5 Å². The normalized spacial score (nSPS) is 19.7. The maximum absolute atomic E-state index is 12.3. The number of hydrogen-bond acceptors (Lipinski definition) is 4. The smallest absolute Gasteiger partial charge is 0.236 e. The van der Waals surface area contributed by atoms with Gasteiger partial charge in [0.2, 0.25) is 5.91 Å². The molecule has 108 valence electrons. The first kappa shape index (κ1) is 13.4. The van der Waals surface area contributed by atoms with Crippen molar-refractivity contribution in [3.63, 3.8) is 0 Å². The Kier molecular flexibility index (Phi) is 3.89. The molecule has 5 nitrogen and oxygen atoms in total. The number of anilines is 1. The summed E-state index contributed by atoms with van der Waals surface area (Å²) >= 11 is 0. The van der Waals surface area contributed by atoms with Gasteiger partial charge in [-0.1, -0.05) is 12.1 Å². The van der Waals surface area contributed by atoms with Crippen LogP contribution in [0.5, 0.6) is 0 Å². The molecule has 1 aromatic rings. The Hall–Kier alpha value is -1.59. The second-order valence-corrected chi connectivity index (χ2v) is 5.44. The van der Waals surface area contributed by atoms with E-state index in [2.05, 4.69) is 11.0 Å². The molecule has 2 aliphatic rings. The topological polar surface area (TPSA) is 58.8 Å². The fraction of sp³-hybridized carbons (Fsp3) is 0.533. The minimum Gasteiger partial charge on any atom is -0.398 e. The van der Waals surface area contributed by atoms with Crippen LogP contribution in [0.2, 0.25) is 0 Å². The lowest BCUT2D eigenvalue weighted by Crippen LogP contribution is -2.46. The number of benzene rings is 1. The van der Waals surface area contributed by atoms with Crippen molar-refractivity contribution in [1.29, 1.82) is 0 Å². The molecule has 0 saturated carbocycles. The van der Waals surface area contributed by atoms with E-state index in [-0.39, 0.29) is 5.91 Å². The molecule has 1 amide bonds. The van der Waals surface area contributed by atoms with Gasteiger partial charge < -0.3 is 15.4 Å². The van der Waals surface area contributed by atoms with Gasteiger partial charge >= 0.3 is 0 Å². The average molecular weight is 275 g/mol. The van der Waals surface area contributed by atoms with E-state index >= 15 is 0 Å². The van der Waals surface area contributed by atoms with Crippen molar-refractivity contribution in [2.24, 2.45) is 0 Å². The molecule has 0 bridgehead atoms. The summed E-state index contributed by atoms with van der Waals surface area (Å²) in [4.78, 5) is 16.3. The summed E-state index contributed by atoms with van der Waals surface area (Å²) in [6.45, 7) is 4.91. The summed E-state index contributed by atoms with van der Waals surface area (Å²) in [5, 5.41) is 0. The van der Waals surface area contributed by atoms with Crippen LogP contribution in [0.4, 0.5) is 5.69 Å². The van der Waals surface area contributed by atoms with E-state index in [9.17, 15) is 4.79 Å². The zero-order chi connectivity index (χ0) is 13.9. The molecule has 1 fully saturated rings. The molecule has 1 aromatic carbocycles. The highest BCUT2D eigenvalue weighted by Crippen LogP contribution is 2.24. The summed E-state index contributed by atoms with van der Waals surface area (Å²) in [5.41, 5.74) is 9.39. The first-order valence-corrected chi connectivity index (χ1v) is 7.18. The van der Waals surface area contributed by atoms with Gasteiger partial charge in [0.05, 0.1) is 19.8 Å². The number of nitrogens with zero attached hydrogens (tertiary/aromatic N) is 2. The predicted octanol–water partition coefficient (Wildman–Crippen LogP) is 0.486. The fourth-order valence-electron chi connectivity index (χ4n) is 2.90. The molecule has 0 aromatic heterocycles. The zero-order valence-corrected chi connectivity index (χ0v) is 11.7. The Balaban J connectivity index is 1.62. The molecular weight excluding hydrogens is 254 g/mol. The minimum absolute atomic E-state index is 0.200. The number of nitrogen functional groups attached to an aromatic ring is 1. The molecule has 2 aliphatic heterocycles. The van der Waals surface area contributed by atoms with Crippen LogP contribution in [0.1, 0.15) is 11.1 Å². The third-order valence-corrected chi connectivity index (χ3v) is 4.11. The largest absolute Gasteiger partial charge is 0.398 e. The molecule has 2 N–H and O–H groups in total. The number of rotatable bonds is 2. The van der Waals surface area contributed by atoms with Gasteiger partial charge in [-0.25, -0.2) is 0 Å². The van der Waals surface area contributed by atoms with Gasteiger partial charge in [0.15, 0.2) is 0 Å². The summed E-state index contributed by atoms with van der Waals surface area (Å²) in [5.74, 6) is 0.200. The molecular formula is C15H21N3O2. The highest BCUT2D eigenvalue weighted by atomic mass is 16.5. The second-order valence-electron chi connectivity index (χ2n) is 5.44. The van der Waals surface area contributed by atoms with Crippen LogP contribution in [0.25, 0.3) is 0 Å². The third kappa shape index (κ3) is 2.78. The summed E-state index contributed by atoms with van der Waals surface area (Å²) < 4.78 is 5.28. The molecule has 5 heteroatoms. The van der Waals surface area contributed by atoms with E-state index in [1.54, 1.807) is 0 Å². The van der Waals surface area contributed by atoms with E-state index < -0.39 is 0 Å². The number of fused-ring (bicyclic) bond motifs is 1. The highest BCUT2D eigenvalue weighted by Gasteiger charge is 2.23. The minimum atomic E-state index is 0.200. The lowest BCUT2D eigenvalue weighted by Gasteiger charge is -2.32. The monoisotopic (exact) mass is 275 g/mol. The molecule has 0 atom stereocenters. The zero-order valence-electron chi connectivity index (χ0n) is 11.7. The van der Waals surface area contributed by atoms with E-state index in [1.165, 1.54) is 11.1 Å². The Morgan fingerprint density at radius 1 is 1.25 bits per heavy atom. The highest BCUT2D eigenvalue weighted by molar-refractivity contribution is 5.78. The van der Waals surface area contributed by atoms with Gasteiger partial charge in [0.25, 0.3) is 0 Å². The maximum Gasteiger partial charge on any atom is 0.236 e. The SMILES string of the molecule is Nc1cccc2c1CN(CC(=O)N1CCOCC1)CC2. The number of ether oxygens (including phenoxy) is 1. The fourth-order valence-corrected chi connectivity index (χ4v) is 2.90. The second kappa shape index (κ2) is 5.81. The van der Waals surface area contributed by atoms with Crippen LogP contribution in [-0.4, -0.2) is 55.1 Å². The lowest BCUT2D eigenvalue weighted by atomic mass is 9.98. The van der Waals surface area contributed by atoms with Gasteiger partial charge in [-0.15, -0.1) is 0 Å². The Bertz CT molecular complexity index is 498. The standard InChI is InChI=1S/C15H21N3O2/c16-14-3-1-2-12-4-5-17(10-13(12)14)11-15(19)18-6-8-20-9-7-18/h1-3H,4-11,16H2. The van der Waals surface area contributed by atoms with Crippen molar-refractivity contribution in [2.75, 3.05) is 45.1 Å². The van der Waals surface area contributed by atoms with Crippen molar-refractivity contribution in [1.82, 2.24) is 9.80 Å². The van der Waals surface area contributed by atoms with Crippen LogP contribution in [0, 0.1) is 0 Å². The third-order valence-electron chi connectivity index (χ3n) is 4.11. The van der Waals surface area contributed by atoms with E-state index in [1.807, 2.05) is 17.0 Å².